The molecule has 0 aliphatic heterocycles. The third-order valence-corrected chi connectivity index (χ3v) is 4.06. The third kappa shape index (κ3) is 3.85. The van der Waals surface area contributed by atoms with Crippen LogP contribution in [0.15, 0.2) is 12.4 Å². The number of aromatic nitrogens is 2. The molecule has 18 heavy (non-hydrogen) atoms. The zero-order chi connectivity index (χ0) is 13.0. The minimum Gasteiger partial charge on any atom is -0.340 e. The minimum atomic E-state index is 0.454. The lowest BCUT2D eigenvalue weighted by atomic mass is 10.3. The summed E-state index contributed by atoms with van der Waals surface area (Å²) in [5, 5.41) is 3.47. The maximum atomic E-state index is 4.45. The number of thioether (sulfide) groups is 1. The normalized spacial score (nSPS) is 16.6. The predicted molar refractivity (Wildman–Crippen MR) is 78.1 cm³/mol. The van der Waals surface area contributed by atoms with Crippen LogP contribution in [0.3, 0.4) is 0 Å². The van der Waals surface area contributed by atoms with E-state index in [0.717, 1.165) is 29.9 Å². The van der Waals surface area contributed by atoms with Crippen LogP contribution < -0.4 is 10.2 Å². The molecule has 0 amide bonds. The Morgan fingerprint density at radius 1 is 1.44 bits per heavy atom. The monoisotopic (exact) mass is 266 g/mol. The SMILES string of the molecule is CSCC(C)N(C)c1ncc(CNC2CC2)cn1. The van der Waals surface area contributed by atoms with E-state index in [1.54, 1.807) is 0 Å². The van der Waals surface area contributed by atoms with Gasteiger partial charge in [-0.25, -0.2) is 9.97 Å². The molecule has 0 bridgehead atoms. The maximum absolute atomic E-state index is 4.45. The molecule has 1 aliphatic carbocycles. The fourth-order valence-corrected chi connectivity index (χ4v) is 2.43. The summed E-state index contributed by atoms with van der Waals surface area (Å²) >= 11 is 1.85. The van der Waals surface area contributed by atoms with Gasteiger partial charge in [0.15, 0.2) is 0 Å². The summed E-state index contributed by atoms with van der Waals surface area (Å²) in [5.41, 5.74) is 1.16. The molecule has 0 spiro atoms. The largest absolute Gasteiger partial charge is 0.340 e. The Morgan fingerprint density at radius 3 is 2.67 bits per heavy atom. The summed E-state index contributed by atoms with van der Waals surface area (Å²) in [6.45, 7) is 3.08. The molecule has 1 fully saturated rings. The first-order valence-corrected chi connectivity index (χ1v) is 7.86. The van der Waals surface area contributed by atoms with Gasteiger partial charge in [-0.05, 0) is 26.0 Å². The van der Waals surface area contributed by atoms with Gasteiger partial charge in [-0.3, -0.25) is 0 Å². The van der Waals surface area contributed by atoms with E-state index in [1.165, 1.54) is 12.8 Å². The Labute approximate surface area is 114 Å². The summed E-state index contributed by atoms with van der Waals surface area (Å²) in [5.74, 6) is 1.90. The van der Waals surface area contributed by atoms with Gasteiger partial charge in [0.25, 0.3) is 0 Å². The second-order valence-corrected chi connectivity index (χ2v) is 5.87. The lowest BCUT2D eigenvalue weighted by molar-refractivity contribution is 0.680. The van der Waals surface area contributed by atoms with Crippen molar-refractivity contribution in [3.8, 4) is 0 Å². The van der Waals surface area contributed by atoms with Crippen LogP contribution in [0, 0.1) is 0 Å². The summed E-state index contributed by atoms with van der Waals surface area (Å²) in [6.07, 6.45) is 8.61. The van der Waals surface area contributed by atoms with Crippen molar-refractivity contribution in [2.45, 2.75) is 38.4 Å². The smallest absolute Gasteiger partial charge is 0.225 e. The van der Waals surface area contributed by atoms with Crippen molar-refractivity contribution in [3.05, 3.63) is 18.0 Å². The van der Waals surface area contributed by atoms with Crippen LogP contribution in [0.2, 0.25) is 0 Å². The van der Waals surface area contributed by atoms with Crippen LogP contribution in [-0.2, 0) is 6.54 Å². The van der Waals surface area contributed by atoms with Gasteiger partial charge in [0.05, 0.1) is 0 Å². The molecule has 1 heterocycles. The first-order valence-electron chi connectivity index (χ1n) is 6.46. The van der Waals surface area contributed by atoms with Crippen LogP contribution in [0.4, 0.5) is 5.95 Å². The lowest BCUT2D eigenvalue weighted by Crippen LogP contribution is -2.32. The first kappa shape index (κ1) is 13.6. The molecule has 1 saturated carbocycles. The Bertz CT molecular complexity index is 364. The third-order valence-electron chi connectivity index (χ3n) is 3.25. The Morgan fingerprint density at radius 2 is 2.11 bits per heavy atom. The molecule has 0 radical (unpaired) electrons. The average molecular weight is 266 g/mol. The van der Waals surface area contributed by atoms with Gasteiger partial charge in [0.1, 0.15) is 0 Å². The van der Waals surface area contributed by atoms with Crippen molar-refractivity contribution in [2.24, 2.45) is 0 Å². The molecule has 1 aromatic rings. The molecule has 1 aromatic heterocycles. The van der Waals surface area contributed by atoms with E-state index < -0.39 is 0 Å². The quantitative estimate of drug-likeness (QED) is 0.816. The zero-order valence-electron chi connectivity index (χ0n) is 11.4. The molecule has 1 unspecified atom stereocenters. The molecular formula is C13H22N4S. The van der Waals surface area contributed by atoms with Crippen LogP contribution >= 0.6 is 11.8 Å². The number of nitrogens with one attached hydrogen (secondary N) is 1. The average Bonchev–Trinajstić information content (AvgIpc) is 3.20. The molecule has 5 heteroatoms. The standard InChI is InChI=1S/C13H22N4S/c1-10(9-18-3)17(2)13-15-7-11(8-16-13)6-14-12-4-5-12/h7-8,10,12,14H,4-6,9H2,1-3H3. The van der Waals surface area contributed by atoms with E-state index in [0.29, 0.717) is 6.04 Å². The van der Waals surface area contributed by atoms with Crippen molar-refractivity contribution in [2.75, 3.05) is 24.0 Å². The maximum Gasteiger partial charge on any atom is 0.225 e. The summed E-state index contributed by atoms with van der Waals surface area (Å²) in [7, 11) is 2.05. The molecule has 0 aromatic carbocycles. The number of rotatable bonds is 7. The van der Waals surface area contributed by atoms with Gasteiger partial charge >= 0.3 is 0 Å². The molecule has 1 N–H and O–H groups in total. The predicted octanol–water partition coefficient (Wildman–Crippen LogP) is 1.92. The van der Waals surface area contributed by atoms with Gasteiger partial charge in [-0.2, -0.15) is 11.8 Å². The molecule has 0 saturated heterocycles. The molecular weight excluding hydrogens is 244 g/mol. The van der Waals surface area contributed by atoms with Crippen LogP contribution in [0.5, 0.6) is 0 Å². The van der Waals surface area contributed by atoms with Gasteiger partial charge in [-0.1, -0.05) is 0 Å². The Balaban J connectivity index is 1.88. The topological polar surface area (TPSA) is 41.1 Å². The van der Waals surface area contributed by atoms with Gasteiger partial charge in [0, 0.05) is 49.4 Å². The first-order chi connectivity index (χ1) is 8.70. The second kappa shape index (κ2) is 6.38. The highest BCUT2D eigenvalue weighted by Gasteiger charge is 2.20. The van der Waals surface area contributed by atoms with Gasteiger partial charge < -0.3 is 10.2 Å². The summed E-state index contributed by atoms with van der Waals surface area (Å²) in [6, 6.07) is 1.18. The molecule has 2 rings (SSSR count). The number of hydrogen-bond donors (Lipinski definition) is 1. The van der Waals surface area contributed by atoms with Gasteiger partial charge in [0.2, 0.25) is 5.95 Å². The fraction of sp³-hybridized carbons (Fsp3) is 0.692. The van der Waals surface area contributed by atoms with E-state index in [9.17, 15) is 0 Å². The van der Waals surface area contributed by atoms with Crippen molar-refractivity contribution in [1.29, 1.82) is 0 Å². The number of nitrogens with zero attached hydrogens (tertiary/aromatic N) is 3. The highest BCUT2D eigenvalue weighted by Crippen LogP contribution is 2.19. The van der Waals surface area contributed by atoms with E-state index in [4.69, 9.17) is 0 Å². The van der Waals surface area contributed by atoms with Crippen LogP contribution in [0.25, 0.3) is 0 Å². The van der Waals surface area contributed by atoms with Crippen molar-refractivity contribution in [3.63, 3.8) is 0 Å². The number of hydrogen-bond acceptors (Lipinski definition) is 5. The van der Waals surface area contributed by atoms with Crippen molar-refractivity contribution < 1.29 is 0 Å². The molecule has 1 aliphatic rings. The highest BCUT2D eigenvalue weighted by molar-refractivity contribution is 7.98. The Hall–Kier alpha value is -0.810. The van der Waals surface area contributed by atoms with Crippen molar-refractivity contribution >= 4 is 17.7 Å². The molecule has 100 valence electrons. The lowest BCUT2D eigenvalue weighted by Gasteiger charge is -2.24. The van der Waals surface area contributed by atoms with Crippen LogP contribution in [-0.4, -0.2) is 41.1 Å². The van der Waals surface area contributed by atoms with Crippen molar-refractivity contribution in [1.82, 2.24) is 15.3 Å². The van der Waals surface area contributed by atoms with E-state index in [2.05, 4.69) is 40.4 Å². The van der Waals surface area contributed by atoms with E-state index in [-0.39, 0.29) is 0 Å². The van der Waals surface area contributed by atoms with E-state index in [1.807, 2.05) is 24.2 Å². The highest BCUT2D eigenvalue weighted by atomic mass is 32.2. The second-order valence-electron chi connectivity index (χ2n) is 4.96. The summed E-state index contributed by atoms with van der Waals surface area (Å²) in [4.78, 5) is 11.0. The van der Waals surface area contributed by atoms with Crippen LogP contribution in [0.1, 0.15) is 25.3 Å². The minimum absolute atomic E-state index is 0.454. The Kier molecular flexibility index (Phi) is 4.83. The molecule has 4 nitrogen and oxygen atoms in total. The fourth-order valence-electron chi connectivity index (χ4n) is 1.72. The van der Waals surface area contributed by atoms with E-state index >= 15 is 0 Å². The van der Waals surface area contributed by atoms with Gasteiger partial charge in [-0.15, -0.1) is 0 Å². The number of anilines is 1. The zero-order valence-corrected chi connectivity index (χ0v) is 12.2. The molecule has 1 atom stereocenters. The summed E-state index contributed by atoms with van der Waals surface area (Å²) < 4.78 is 0.